The number of anilines is 1. The number of amides is 1. The molecule has 0 saturated carbocycles. The molecule has 4 rings (SSSR count). The molecule has 0 bridgehead atoms. The summed E-state index contributed by atoms with van der Waals surface area (Å²) >= 11 is 6.02. The molecule has 0 spiro atoms. The summed E-state index contributed by atoms with van der Waals surface area (Å²) in [4.78, 5) is 40.8. The van der Waals surface area contributed by atoms with Gasteiger partial charge < -0.3 is 15.0 Å². The number of ether oxygens (including phenoxy) is 1. The van der Waals surface area contributed by atoms with Crippen LogP contribution in [0.25, 0.3) is 16.4 Å². The molecule has 0 radical (unpaired) electrons. The van der Waals surface area contributed by atoms with Crippen LogP contribution >= 0.6 is 11.6 Å². The Morgan fingerprint density at radius 1 is 1.21 bits per heavy atom. The number of hydrogen-bond acceptors (Lipinski definition) is 5. The largest absolute Gasteiger partial charge is 0.462 e. The minimum atomic E-state index is -0.748. The second-order valence-corrected chi connectivity index (χ2v) is 6.58. The Morgan fingerprint density at radius 2 is 1.97 bits per heavy atom. The molecule has 0 aliphatic rings. The number of nitrogens with zero attached hydrogens (tertiary/aromatic N) is 2. The fraction of sp³-hybridized carbons (Fsp3) is 0.100. The first kappa shape index (κ1) is 18.7. The van der Waals surface area contributed by atoms with Crippen LogP contribution in [-0.2, 0) is 4.74 Å². The van der Waals surface area contributed by atoms with Gasteiger partial charge in [-0.1, -0.05) is 29.8 Å². The molecule has 146 valence electrons. The van der Waals surface area contributed by atoms with Crippen molar-refractivity contribution in [2.45, 2.75) is 6.92 Å². The summed E-state index contributed by atoms with van der Waals surface area (Å²) < 4.78 is 6.13. The lowest BCUT2D eigenvalue weighted by Gasteiger charge is -2.06. The van der Waals surface area contributed by atoms with Gasteiger partial charge in [-0.3, -0.25) is 4.79 Å². The molecule has 2 aromatic carbocycles. The molecule has 0 saturated heterocycles. The van der Waals surface area contributed by atoms with Crippen molar-refractivity contribution in [3.63, 3.8) is 0 Å². The Kier molecular flexibility index (Phi) is 4.77. The van der Waals surface area contributed by atoms with Crippen LogP contribution in [0.4, 0.5) is 5.69 Å². The van der Waals surface area contributed by atoms with Gasteiger partial charge in [-0.2, -0.15) is 9.61 Å². The van der Waals surface area contributed by atoms with E-state index in [4.69, 9.17) is 16.3 Å². The summed E-state index contributed by atoms with van der Waals surface area (Å²) in [6.07, 6.45) is 0. The number of esters is 1. The standard InChI is InChI=1S/C20H15ClN4O4/c1-2-29-19(27)15-16(18(26)22-12-6-4-3-5-7-12)24-25-17(15)13-9-8-11(21)10-14(13)23-20(25)28/h3-10H,2H2,1H3,(H,22,26)(H,23,28). The van der Waals surface area contributed by atoms with Gasteiger partial charge >= 0.3 is 11.7 Å². The van der Waals surface area contributed by atoms with E-state index >= 15 is 0 Å². The Hall–Kier alpha value is -3.65. The number of para-hydroxylation sites is 1. The lowest BCUT2D eigenvalue weighted by molar-refractivity contribution is 0.0525. The maximum atomic E-state index is 12.9. The van der Waals surface area contributed by atoms with E-state index in [-0.39, 0.29) is 23.4 Å². The van der Waals surface area contributed by atoms with E-state index < -0.39 is 17.6 Å². The average molecular weight is 411 g/mol. The number of nitrogens with one attached hydrogen (secondary N) is 2. The van der Waals surface area contributed by atoms with E-state index in [9.17, 15) is 14.4 Å². The molecular weight excluding hydrogens is 396 g/mol. The number of aromatic amines is 1. The summed E-state index contributed by atoms with van der Waals surface area (Å²) in [5, 5.41) is 7.71. The zero-order valence-corrected chi connectivity index (χ0v) is 16.0. The minimum Gasteiger partial charge on any atom is -0.462 e. The van der Waals surface area contributed by atoms with Crippen molar-refractivity contribution in [3.8, 4) is 0 Å². The molecule has 0 atom stereocenters. The van der Waals surface area contributed by atoms with Crippen LogP contribution < -0.4 is 11.0 Å². The molecule has 9 heteroatoms. The predicted molar refractivity (Wildman–Crippen MR) is 109 cm³/mol. The molecule has 2 N–H and O–H groups in total. The average Bonchev–Trinajstić information content (AvgIpc) is 3.10. The molecule has 0 aliphatic carbocycles. The van der Waals surface area contributed by atoms with Crippen molar-refractivity contribution in [2.24, 2.45) is 0 Å². The Morgan fingerprint density at radius 3 is 2.69 bits per heavy atom. The number of carbonyl (C=O) groups is 2. The van der Waals surface area contributed by atoms with E-state index in [2.05, 4.69) is 15.4 Å². The minimum absolute atomic E-state index is 0.0845. The van der Waals surface area contributed by atoms with Crippen molar-refractivity contribution in [3.05, 3.63) is 75.3 Å². The lowest BCUT2D eigenvalue weighted by atomic mass is 10.1. The lowest BCUT2D eigenvalue weighted by Crippen LogP contribution is -2.19. The fourth-order valence-corrected chi connectivity index (χ4v) is 3.25. The van der Waals surface area contributed by atoms with E-state index in [0.29, 0.717) is 21.6 Å². The van der Waals surface area contributed by atoms with Crippen LogP contribution in [-0.4, -0.2) is 33.1 Å². The molecule has 4 aromatic rings. The molecule has 29 heavy (non-hydrogen) atoms. The van der Waals surface area contributed by atoms with Crippen LogP contribution in [0.3, 0.4) is 0 Å². The van der Waals surface area contributed by atoms with Crippen molar-refractivity contribution in [2.75, 3.05) is 11.9 Å². The fourth-order valence-electron chi connectivity index (χ4n) is 3.08. The van der Waals surface area contributed by atoms with Crippen LogP contribution in [0.2, 0.25) is 5.02 Å². The maximum Gasteiger partial charge on any atom is 0.347 e. The number of carbonyl (C=O) groups excluding carboxylic acids is 2. The second-order valence-electron chi connectivity index (χ2n) is 6.14. The molecule has 0 aliphatic heterocycles. The number of fused-ring (bicyclic) bond motifs is 3. The zero-order valence-electron chi connectivity index (χ0n) is 15.2. The third-order valence-corrected chi connectivity index (χ3v) is 4.52. The van der Waals surface area contributed by atoms with Crippen molar-refractivity contribution < 1.29 is 14.3 Å². The number of rotatable bonds is 4. The van der Waals surface area contributed by atoms with Crippen LogP contribution in [0.5, 0.6) is 0 Å². The van der Waals surface area contributed by atoms with E-state index in [1.54, 1.807) is 55.5 Å². The molecule has 0 unspecified atom stereocenters. The van der Waals surface area contributed by atoms with Crippen molar-refractivity contribution in [1.29, 1.82) is 0 Å². The topological polar surface area (TPSA) is 106 Å². The number of halogens is 1. The highest BCUT2D eigenvalue weighted by molar-refractivity contribution is 6.31. The van der Waals surface area contributed by atoms with Crippen LogP contribution in [0, 0.1) is 0 Å². The quantitative estimate of drug-likeness (QED) is 0.502. The number of H-pyrrole nitrogens is 1. The Labute approximate surface area is 169 Å². The van der Waals surface area contributed by atoms with Crippen LogP contribution in [0.15, 0.2) is 53.3 Å². The third-order valence-electron chi connectivity index (χ3n) is 4.28. The summed E-state index contributed by atoms with van der Waals surface area (Å²) in [5.74, 6) is -1.38. The third kappa shape index (κ3) is 3.34. The number of hydrogen-bond donors (Lipinski definition) is 2. The highest BCUT2D eigenvalue weighted by atomic mass is 35.5. The number of aromatic nitrogens is 3. The van der Waals surface area contributed by atoms with Gasteiger partial charge in [0.15, 0.2) is 5.69 Å². The maximum absolute atomic E-state index is 12.9. The van der Waals surface area contributed by atoms with Gasteiger partial charge in [0.05, 0.1) is 17.6 Å². The van der Waals surface area contributed by atoms with Gasteiger partial charge in [0.2, 0.25) is 0 Å². The smallest absolute Gasteiger partial charge is 0.347 e. The van der Waals surface area contributed by atoms with Gasteiger partial charge in [-0.25, -0.2) is 9.59 Å². The summed E-state index contributed by atoms with van der Waals surface area (Å²) in [7, 11) is 0. The zero-order chi connectivity index (χ0) is 20.5. The molecule has 2 aromatic heterocycles. The monoisotopic (exact) mass is 410 g/mol. The van der Waals surface area contributed by atoms with Gasteiger partial charge in [-0.05, 0) is 37.3 Å². The van der Waals surface area contributed by atoms with Gasteiger partial charge in [0.25, 0.3) is 5.91 Å². The highest BCUT2D eigenvalue weighted by Crippen LogP contribution is 2.26. The second kappa shape index (κ2) is 7.40. The van der Waals surface area contributed by atoms with Crippen LogP contribution in [0.1, 0.15) is 27.8 Å². The van der Waals surface area contributed by atoms with Gasteiger partial charge in [0.1, 0.15) is 5.56 Å². The molecule has 1 amide bonds. The molecule has 8 nitrogen and oxygen atoms in total. The highest BCUT2D eigenvalue weighted by Gasteiger charge is 2.28. The first-order valence-electron chi connectivity index (χ1n) is 8.77. The summed E-state index contributed by atoms with van der Waals surface area (Å²) in [5.41, 5.74) is 0.209. The number of benzene rings is 2. The predicted octanol–water partition coefficient (Wildman–Crippen LogP) is 3.26. The van der Waals surface area contributed by atoms with E-state index in [1.807, 2.05) is 0 Å². The van der Waals surface area contributed by atoms with Gasteiger partial charge in [-0.15, -0.1) is 0 Å². The Balaban J connectivity index is 1.99. The molecule has 2 heterocycles. The SMILES string of the molecule is CCOC(=O)c1c(C(=O)Nc2ccccc2)nn2c(=O)[nH]c3cc(Cl)ccc3c12. The van der Waals surface area contributed by atoms with E-state index in [0.717, 1.165) is 4.52 Å². The molecule has 0 fully saturated rings. The Bertz CT molecular complexity index is 1310. The van der Waals surface area contributed by atoms with Crippen molar-refractivity contribution in [1.82, 2.24) is 14.6 Å². The van der Waals surface area contributed by atoms with E-state index in [1.165, 1.54) is 0 Å². The molecular formula is C20H15ClN4O4. The summed E-state index contributed by atoms with van der Waals surface area (Å²) in [6, 6.07) is 13.5. The van der Waals surface area contributed by atoms with Crippen molar-refractivity contribution >= 4 is 45.6 Å². The first-order valence-corrected chi connectivity index (χ1v) is 9.15. The normalized spacial score (nSPS) is 11.0. The first-order chi connectivity index (χ1) is 14.0. The summed E-state index contributed by atoms with van der Waals surface area (Å²) in [6.45, 7) is 1.75. The van der Waals surface area contributed by atoms with Gasteiger partial charge in [0, 0.05) is 16.1 Å².